The summed E-state index contributed by atoms with van der Waals surface area (Å²) in [4.78, 5) is 30.3. The molecule has 0 spiro atoms. The quantitative estimate of drug-likeness (QED) is 0.351. The van der Waals surface area contributed by atoms with Crippen molar-refractivity contribution in [3.8, 4) is 0 Å². The van der Waals surface area contributed by atoms with E-state index < -0.39 is 17.8 Å². The molecule has 0 aromatic heterocycles. The minimum atomic E-state index is -4.79. The molecule has 0 aliphatic rings. The number of benzene rings is 1. The van der Waals surface area contributed by atoms with Crippen molar-refractivity contribution in [1.29, 1.82) is 0 Å². The van der Waals surface area contributed by atoms with E-state index in [0.717, 1.165) is 24.3 Å². The van der Waals surface area contributed by atoms with E-state index in [1.807, 2.05) is 0 Å². The monoisotopic (exact) mass is 201 g/mol. The number of non-ortho nitro benzene ring substituents is 1. The molecule has 0 saturated heterocycles. The van der Waals surface area contributed by atoms with Crippen LogP contribution in [0.15, 0.2) is 24.3 Å². The number of rotatable bonds is 2. The molecule has 0 bridgehead atoms. The lowest BCUT2D eigenvalue weighted by molar-refractivity contribution is -0.384. The van der Waals surface area contributed by atoms with E-state index in [1.54, 1.807) is 0 Å². The average Bonchev–Trinajstić information content (AvgIpc) is 2.03. The molecule has 0 radical (unpaired) electrons. The summed E-state index contributed by atoms with van der Waals surface area (Å²) in [5.74, 6) is 0. The van der Waals surface area contributed by atoms with Crippen LogP contribution in [0.2, 0.25) is 0 Å². The molecule has 13 heavy (non-hydrogen) atoms. The predicted octanol–water partition coefficient (Wildman–Crippen LogP) is -0.866. The van der Waals surface area contributed by atoms with Crippen LogP contribution in [0.5, 0.6) is 0 Å². The summed E-state index contributed by atoms with van der Waals surface area (Å²) in [6.45, 7) is 0. The van der Waals surface area contributed by atoms with Crippen molar-refractivity contribution in [2.75, 3.05) is 0 Å². The molecule has 6 nitrogen and oxygen atoms in total. The molecule has 1 aromatic carbocycles. The van der Waals surface area contributed by atoms with Gasteiger partial charge in [-0.15, -0.1) is 0 Å². The first-order chi connectivity index (χ1) is 5.91. The summed E-state index contributed by atoms with van der Waals surface area (Å²) in [7, 11) is -4.79. The Balaban J connectivity index is 3.08. The molecule has 70 valence electrons. The number of hydrogen-bond acceptors (Lipinski definition) is 5. The first kappa shape index (κ1) is 9.85. The Kier molecular flexibility index (Phi) is 2.47. The third-order valence-electron chi connectivity index (χ3n) is 1.38. The van der Waals surface area contributed by atoms with Gasteiger partial charge >= 0.3 is 0 Å². The van der Waals surface area contributed by atoms with Crippen LogP contribution in [-0.2, 0) is 4.57 Å². The fourth-order valence-corrected chi connectivity index (χ4v) is 1.27. The third kappa shape index (κ3) is 2.35. The lowest BCUT2D eigenvalue weighted by Gasteiger charge is -2.29. The average molecular weight is 201 g/mol. The van der Waals surface area contributed by atoms with Gasteiger partial charge in [0.2, 0.25) is 0 Å². The predicted molar refractivity (Wildman–Crippen MR) is 40.3 cm³/mol. The van der Waals surface area contributed by atoms with Crippen LogP contribution in [-0.4, -0.2) is 4.92 Å². The van der Waals surface area contributed by atoms with E-state index in [2.05, 4.69) is 0 Å². The van der Waals surface area contributed by atoms with Crippen molar-refractivity contribution in [2.24, 2.45) is 0 Å². The molecule has 0 fully saturated rings. The highest BCUT2D eigenvalue weighted by Gasteiger charge is 2.04. The molecule has 1 aromatic rings. The Morgan fingerprint density at radius 3 is 1.92 bits per heavy atom. The number of nitro benzene ring substituents is 1. The standard InChI is InChI=1S/C6H6NO5P/c8-7(9)5-1-3-6(4-2-5)13(10,11)12/h1-4H,(H2,10,11,12)/p-2. The lowest BCUT2D eigenvalue weighted by atomic mass is 10.3. The maximum absolute atomic E-state index is 10.4. The van der Waals surface area contributed by atoms with Crippen molar-refractivity contribution in [3.05, 3.63) is 34.4 Å². The van der Waals surface area contributed by atoms with Crippen molar-refractivity contribution in [3.63, 3.8) is 0 Å². The Morgan fingerprint density at radius 1 is 1.15 bits per heavy atom. The minimum Gasteiger partial charge on any atom is -0.807 e. The minimum absolute atomic E-state index is 0.253. The highest BCUT2D eigenvalue weighted by Crippen LogP contribution is 2.23. The fraction of sp³-hybridized carbons (Fsp3) is 0. The molecule has 0 atom stereocenters. The summed E-state index contributed by atoms with van der Waals surface area (Å²) in [5.41, 5.74) is -0.253. The van der Waals surface area contributed by atoms with Gasteiger partial charge < -0.3 is 14.4 Å². The van der Waals surface area contributed by atoms with Gasteiger partial charge in [-0.05, 0) is 25.0 Å². The zero-order chi connectivity index (χ0) is 10.1. The number of nitro groups is 1. The van der Waals surface area contributed by atoms with Crippen molar-refractivity contribution in [2.45, 2.75) is 0 Å². The highest BCUT2D eigenvalue weighted by atomic mass is 31.2. The van der Waals surface area contributed by atoms with Crippen LogP contribution in [0.1, 0.15) is 0 Å². The molecule has 0 aliphatic heterocycles. The fourth-order valence-electron chi connectivity index (χ4n) is 0.757. The van der Waals surface area contributed by atoms with Gasteiger partial charge in [0.1, 0.15) is 0 Å². The molecule has 0 N–H and O–H groups in total. The molecule has 0 amide bonds. The van der Waals surface area contributed by atoms with Crippen LogP contribution < -0.4 is 15.1 Å². The van der Waals surface area contributed by atoms with E-state index >= 15 is 0 Å². The summed E-state index contributed by atoms with van der Waals surface area (Å²) >= 11 is 0. The second-order valence-corrected chi connectivity index (χ2v) is 3.78. The van der Waals surface area contributed by atoms with Gasteiger partial charge in [0.15, 0.2) is 0 Å². The van der Waals surface area contributed by atoms with Gasteiger partial charge in [-0.25, -0.2) is 0 Å². The van der Waals surface area contributed by atoms with Crippen molar-refractivity contribution in [1.82, 2.24) is 0 Å². The van der Waals surface area contributed by atoms with Gasteiger partial charge in [0.05, 0.1) is 4.92 Å². The summed E-state index contributed by atoms with van der Waals surface area (Å²) in [6, 6.07) is 3.77. The van der Waals surface area contributed by atoms with E-state index in [9.17, 15) is 24.5 Å². The maximum Gasteiger partial charge on any atom is 0.269 e. The topological polar surface area (TPSA) is 106 Å². The number of hydrogen-bond donors (Lipinski definition) is 0. The van der Waals surface area contributed by atoms with E-state index in [4.69, 9.17) is 0 Å². The van der Waals surface area contributed by atoms with Crippen LogP contribution in [0, 0.1) is 10.1 Å². The maximum atomic E-state index is 10.4. The molecule has 0 saturated carbocycles. The Hall–Kier alpha value is -1.23. The first-order valence-electron chi connectivity index (χ1n) is 3.18. The van der Waals surface area contributed by atoms with Crippen molar-refractivity contribution >= 4 is 18.6 Å². The Bertz CT molecular complexity index is 367. The molecular weight excluding hydrogens is 197 g/mol. The van der Waals surface area contributed by atoms with E-state index in [0.29, 0.717) is 0 Å². The van der Waals surface area contributed by atoms with E-state index in [1.165, 1.54) is 0 Å². The second-order valence-electron chi connectivity index (χ2n) is 2.27. The van der Waals surface area contributed by atoms with Gasteiger partial charge in [-0.3, -0.25) is 10.1 Å². The summed E-state index contributed by atoms with van der Waals surface area (Å²) in [5, 5.41) is 9.70. The molecule has 0 heterocycles. The third-order valence-corrected chi connectivity index (χ3v) is 2.31. The van der Waals surface area contributed by atoms with Crippen LogP contribution in [0.25, 0.3) is 0 Å². The first-order valence-corrected chi connectivity index (χ1v) is 4.72. The number of nitrogens with zero attached hydrogens (tertiary/aromatic N) is 1. The van der Waals surface area contributed by atoms with E-state index in [-0.39, 0.29) is 5.69 Å². The smallest absolute Gasteiger partial charge is 0.269 e. The summed E-state index contributed by atoms with van der Waals surface area (Å²) < 4.78 is 10.4. The Labute approximate surface area is 73.1 Å². The van der Waals surface area contributed by atoms with Gasteiger partial charge in [0.25, 0.3) is 5.69 Å². The molecule has 1 rings (SSSR count). The molecule has 0 aliphatic carbocycles. The van der Waals surface area contributed by atoms with Crippen LogP contribution >= 0.6 is 7.60 Å². The van der Waals surface area contributed by atoms with Gasteiger partial charge in [-0.1, -0.05) is 0 Å². The van der Waals surface area contributed by atoms with Crippen LogP contribution in [0.3, 0.4) is 0 Å². The molecule has 0 unspecified atom stereocenters. The van der Waals surface area contributed by atoms with Crippen LogP contribution in [0.4, 0.5) is 5.69 Å². The van der Waals surface area contributed by atoms with Gasteiger partial charge in [-0.2, -0.15) is 0 Å². The zero-order valence-corrected chi connectivity index (χ0v) is 7.14. The van der Waals surface area contributed by atoms with Crippen molar-refractivity contribution < 1.29 is 19.3 Å². The largest absolute Gasteiger partial charge is 0.807 e. The Morgan fingerprint density at radius 2 is 1.62 bits per heavy atom. The normalized spacial score (nSPS) is 11.2. The lowest BCUT2D eigenvalue weighted by Crippen LogP contribution is -2.24. The second kappa shape index (κ2) is 3.26. The summed E-state index contributed by atoms with van der Waals surface area (Å²) in [6.07, 6.45) is 0. The highest BCUT2D eigenvalue weighted by molar-refractivity contribution is 7.57. The zero-order valence-electron chi connectivity index (χ0n) is 6.25. The SMILES string of the molecule is O=[N+]([O-])c1ccc(P(=O)([O-])[O-])cc1. The van der Waals surface area contributed by atoms with Gasteiger partial charge in [0, 0.05) is 12.1 Å². The molecular formula is C6H4NO5P-2. The molecule has 7 heteroatoms.